The fourth-order valence-electron chi connectivity index (χ4n) is 2.84. The second-order valence-corrected chi connectivity index (χ2v) is 8.26. The number of carbonyl (C=O) groups is 1. The molecule has 3 heterocycles. The summed E-state index contributed by atoms with van der Waals surface area (Å²) in [7, 11) is 0. The number of aliphatic carboxylic acids is 1. The third kappa shape index (κ3) is 3.59. The molecule has 1 aromatic rings. The van der Waals surface area contributed by atoms with Crippen molar-refractivity contribution in [2.75, 3.05) is 19.8 Å². The number of thioether (sulfide) groups is 1. The molecule has 0 amide bonds. The summed E-state index contributed by atoms with van der Waals surface area (Å²) in [4.78, 5) is 16.2. The van der Waals surface area contributed by atoms with Crippen molar-refractivity contribution in [3.63, 3.8) is 0 Å². The molecule has 0 aromatic carbocycles. The highest BCUT2D eigenvalue weighted by molar-refractivity contribution is 8.01. The molecule has 3 rings (SSSR count). The van der Waals surface area contributed by atoms with E-state index in [1.807, 2.05) is 6.92 Å². The number of thiazole rings is 1. The lowest BCUT2D eigenvalue weighted by molar-refractivity contribution is -0.136. The molecule has 21 heavy (non-hydrogen) atoms. The van der Waals surface area contributed by atoms with Crippen molar-refractivity contribution >= 4 is 29.1 Å². The maximum Gasteiger partial charge on any atom is 0.308 e. The first kappa shape index (κ1) is 15.3. The minimum Gasteiger partial charge on any atom is -0.481 e. The van der Waals surface area contributed by atoms with Crippen LogP contribution in [0.1, 0.15) is 29.8 Å². The van der Waals surface area contributed by atoms with Gasteiger partial charge in [-0.3, -0.25) is 4.79 Å². The Labute approximate surface area is 132 Å². The Morgan fingerprint density at radius 1 is 1.57 bits per heavy atom. The fraction of sp³-hybridized carbons (Fsp3) is 0.714. The van der Waals surface area contributed by atoms with Crippen molar-refractivity contribution in [1.29, 1.82) is 0 Å². The molecule has 2 atom stereocenters. The molecule has 0 saturated carbocycles. The largest absolute Gasteiger partial charge is 0.481 e. The zero-order chi connectivity index (χ0) is 14.9. The highest BCUT2D eigenvalue weighted by atomic mass is 32.2. The summed E-state index contributed by atoms with van der Waals surface area (Å²) < 4.78 is 12.4. The molecule has 2 aliphatic heterocycles. The Bertz CT molecular complexity index is 525. The van der Waals surface area contributed by atoms with Gasteiger partial charge in [0, 0.05) is 29.8 Å². The summed E-state index contributed by atoms with van der Waals surface area (Å²) in [5, 5.41) is 9.38. The van der Waals surface area contributed by atoms with Crippen LogP contribution in [0.3, 0.4) is 0 Å². The fourth-order valence-corrected chi connectivity index (χ4v) is 5.60. The van der Waals surface area contributed by atoms with Crippen LogP contribution in [0.2, 0.25) is 0 Å². The molecule has 1 spiro atoms. The molecular weight excluding hydrogens is 310 g/mol. The number of aromatic nitrogens is 1. The second-order valence-electron chi connectivity index (χ2n) is 5.63. The van der Waals surface area contributed by atoms with Gasteiger partial charge in [0.15, 0.2) is 4.34 Å². The summed E-state index contributed by atoms with van der Waals surface area (Å²) in [5.41, 5.74) is 0.752. The Morgan fingerprint density at radius 2 is 2.43 bits per heavy atom. The third-order valence-electron chi connectivity index (χ3n) is 3.97. The van der Waals surface area contributed by atoms with Gasteiger partial charge in [-0.2, -0.15) is 0 Å². The molecule has 2 aliphatic rings. The van der Waals surface area contributed by atoms with Gasteiger partial charge in [-0.15, -0.1) is 11.3 Å². The number of ether oxygens (including phenoxy) is 2. The molecule has 116 valence electrons. The number of aryl methyl sites for hydroxylation is 1. The molecule has 2 unspecified atom stereocenters. The molecule has 7 heteroatoms. The number of rotatable bonds is 4. The Kier molecular flexibility index (Phi) is 4.54. The molecule has 5 nitrogen and oxygen atoms in total. The number of carboxylic acid groups (broad SMARTS) is 1. The molecule has 2 fully saturated rings. The SMILES string of the molecule is Cc1nc(SC2CCOC3(CCOC3)C2)sc1CC(=O)O. The summed E-state index contributed by atoms with van der Waals surface area (Å²) in [5.74, 6) is -0.800. The normalized spacial score (nSPS) is 29.1. The summed E-state index contributed by atoms with van der Waals surface area (Å²) in [6.45, 7) is 4.14. The van der Waals surface area contributed by atoms with Crippen LogP contribution in [0, 0.1) is 6.92 Å². The smallest absolute Gasteiger partial charge is 0.308 e. The number of nitrogens with zero attached hydrogens (tertiary/aromatic N) is 1. The Morgan fingerprint density at radius 3 is 3.14 bits per heavy atom. The first-order chi connectivity index (χ1) is 10.1. The summed E-state index contributed by atoms with van der Waals surface area (Å²) in [6.07, 6.45) is 3.05. The van der Waals surface area contributed by atoms with Gasteiger partial charge in [0.05, 0.1) is 24.3 Å². The number of hydrogen-bond donors (Lipinski definition) is 1. The van der Waals surface area contributed by atoms with Gasteiger partial charge in [0.2, 0.25) is 0 Å². The van der Waals surface area contributed by atoms with Crippen molar-refractivity contribution in [3.05, 3.63) is 10.6 Å². The minimum atomic E-state index is -0.800. The van der Waals surface area contributed by atoms with Crippen molar-refractivity contribution < 1.29 is 19.4 Å². The first-order valence-corrected chi connectivity index (χ1v) is 8.82. The highest BCUT2D eigenvalue weighted by Crippen LogP contribution is 2.41. The molecule has 1 aromatic heterocycles. The van der Waals surface area contributed by atoms with Crippen LogP contribution in [0.4, 0.5) is 0 Å². The van der Waals surface area contributed by atoms with Crippen LogP contribution in [0.5, 0.6) is 0 Å². The average molecular weight is 329 g/mol. The van der Waals surface area contributed by atoms with Crippen LogP contribution < -0.4 is 0 Å². The lowest BCUT2D eigenvalue weighted by atomic mass is 9.93. The minimum absolute atomic E-state index is 0.0651. The average Bonchev–Trinajstić information content (AvgIpc) is 2.98. The van der Waals surface area contributed by atoms with E-state index in [1.165, 1.54) is 11.3 Å². The topological polar surface area (TPSA) is 68.7 Å². The van der Waals surface area contributed by atoms with Gasteiger partial charge in [-0.1, -0.05) is 11.8 Å². The number of carboxylic acids is 1. The van der Waals surface area contributed by atoms with Crippen LogP contribution in [-0.2, 0) is 20.7 Å². The Balaban J connectivity index is 1.64. The van der Waals surface area contributed by atoms with E-state index in [9.17, 15) is 4.79 Å². The third-order valence-corrected chi connectivity index (χ3v) is 6.49. The Hall–Kier alpha value is -0.630. The zero-order valence-corrected chi connectivity index (χ0v) is 13.6. The quantitative estimate of drug-likeness (QED) is 0.915. The van der Waals surface area contributed by atoms with Crippen LogP contribution >= 0.6 is 23.1 Å². The predicted octanol–water partition coefficient (Wildman–Crippen LogP) is 2.51. The van der Waals surface area contributed by atoms with Gasteiger partial charge < -0.3 is 14.6 Å². The number of hydrogen-bond acceptors (Lipinski definition) is 6. The van der Waals surface area contributed by atoms with E-state index < -0.39 is 5.97 Å². The molecule has 1 N–H and O–H groups in total. The van der Waals surface area contributed by atoms with Crippen LogP contribution in [-0.4, -0.2) is 46.7 Å². The molecule has 0 bridgehead atoms. The van der Waals surface area contributed by atoms with Gasteiger partial charge in [-0.05, 0) is 19.8 Å². The van der Waals surface area contributed by atoms with Crippen molar-refractivity contribution in [2.24, 2.45) is 0 Å². The van der Waals surface area contributed by atoms with Gasteiger partial charge >= 0.3 is 5.97 Å². The molecule has 0 aliphatic carbocycles. The van der Waals surface area contributed by atoms with E-state index in [0.29, 0.717) is 11.9 Å². The van der Waals surface area contributed by atoms with E-state index in [-0.39, 0.29) is 12.0 Å². The van der Waals surface area contributed by atoms with Gasteiger partial charge in [-0.25, -0.2) is 4.98 Å². The van der Waals surface area contributed by atoms with Crippen molar-refractivity contribution in [3.8, 4) is 0 Å². The second kappa shape index (κ2) is 6.24. The summed E-state index contributed by atoms with van der Waals surface area (Å²) in [6, 6.07) is 0. The lowest BCUT2D eigenvalue weighted by Gasteiger charge is -2.36. The van der Waals surface area contributed by atoms with Gasteiger partial charge in [0.25, 0.3) is 0 Å². The first-order valence-electron chi connectivity index (χ1n) is 7.13. The standard InChI is InChI=1S/C14H19NO4S2/c1-9-11(6-12(16)17)21-13(15-9)20-10-2-4-19-14(7-10)3-5-18-8-14/h10H,2-8H2,1H3,(H,16,17). The van der Waals surface area contributed by atoms with Crippen molar-refractivity contribution in [1.82, 2.24) is 4.98 Å². The monoisotopic (exact) mass is 329 g/mol. The maximum absolute atomic E-state index is 10.8. The van der Waals surface area contributed by atoms with Crippen LogP contribution in [0.15, 0.2) is 4.34 Å². The highest BCUT2D eigenvalue weighted by Gasteiger charge is 2.41. The molecule has 2 saturated heterocycles. The van der Waals surface area contributed by atoms with Crippen LogP contribution in [0.25, 0.3) is 0 Å². The maximum atomic E-state index is 10.8. The zero-order valence-electron chi connectivity index (χ0n) is 12.0. The van der Waals surface area contributed by atoms with E-state index in [0.717, 1.165) is 47.4 Å². The summed E-state index contributed by atoms with van der Waals surface area (Å²) >= 11 is 3.28. The van der Waals surface area contributed by atoms with E-state index in [2.05, 4.69) is 4.98 Å². The van der Waals surface area contributed by atoms with E-state index in [1.54, 1.807) is 11.8 Å². The molecule has 0 radical (unpaired) electrons. The van der Waals surface area contributed by atoms with Crippen molar-refractivity contribution in [2.45, 2.75) is 47.8 Å². The molecular formula is C14H19NO4S2. The lowest BCUT2D eigenvalue weighted by Crippen LogP contribution is -2.41. The van der Waals surface area contributed by atoms with Gasteiger partial charge in [0.1, 0.15) is 0 Å². The predicted molar refractivity (Wildman–Crippen MR) is 81.2 cm³/mol. The van der Waals surface area contributed by atoms with E-state index in [4.69, 9.17) is 14.6 Å². The van der Waals surface area contributed by atoms with E-state index >= 15 is 0 Å².